The first-order valence-corrected chi connectivity index (χ1v) is 7.47. The number of aliphatic imine (C=N–C) groups is 2. The fraction of sp³-hybridized carbons (Fsp3) is 0. The first-order valence-electron chi connectivity index (χ1n) is 7.47. The lowest BCUT2D eigenvalue weighted by molar-refractivity contribution is 0.448. The summed E-state index contributed by atoms with van der Waals surface area (Å²) in [5.41, 5.74) is 2.28. The fourth-order valence-electron chi connectivity index (χ4n) is 2.16. The quantitative estimate of drug-likeness (QED) is 0.691. The van der Waals surface area contributed by atoms with Gasteiger partial charge in [-0.1, -0.05) is 36.4 Å². The third-order valence-corrected chi connectivity index (χ3v) is 3.43. The minimum Gasteiger partial charge on any atom is -0.507 e. The first kappa shape index (κ1) is 15.5. The third kappa shape index (κ3) is 3.67. The molecule has 0 bridgehead atoms. The molecule has 4 heteroatoms. The second-order valence-electron chi connectivity index (χ2n) is 5.12. The Labute approximate surface area is 140 Å². The van der Waals surface area contributed by atoms with Gasteiger partial charge in [-0.3, -0.25) is 9.98 Å². The fourth-order valence-corrected chi connectivity index (χ4v) is 2.16. The van der Waals surface area contributed by atoms with Gasteiger partial charge in [0.15, 0.2) is 0 Å². The van der Waals surface area contributed by atoms with E-state index in [9.17, 15) is 10.2 Å². The maximum atomic E-state index is 10.4. The number of phenols is 2. The number of hydrogen-bond donors (Lipinski definition) is 2. The van der Waals surface area contributed by atoms with Crippen LogP contribution in [0.5, 0.6) is 11.5 Å². The summed E-state index contributed by atoms with van der Waals surface area (Å²) in [6, 6.07) is 21.9. The molecular weight excluding hydrogens is 300 g/mol. The highest BCUT2D eigenvalue weighted by Gasteiger charge is 2.09. The van der Waals surface area contributed by atoms with Crippen LogP contribution in [-0.4, -0.2) is 22.6 Å². The molecule has 0 radical (unpaired) electrons. The predicted octanol–water partition coefficient (Wildman–Crippen LogP) is 4.60. The third-order valence-electron chi connectivity index (χ3n) is 3.43. The number of rotatable bonds is 4. The lowest BCUT2D eigenvalue weighted by Gasteiger charge is -2.05. The molecule has 3 rings (SSSR count). The van der Waals surface area contributed by atoms with Gasteiger partial charge in [0, 0.05) is 18.0 Å². The van der Waals surface area contributed by atoms with Gasteiger partial charge < -0.3 is 10.2 Å². The SMILES string of the molecule is Oc1ccc(C=Nc2ccccc2)c(O)c1C=Nc1ccccc1. The maximum Gasteiger partial charge on any atom is 0.136 e. The zero-order valence-electron chi connectivity index (χ0n) is 12.9. The van der Waals surface area contributed by atoms with Gasteiger partial charge in [0.2, 0.25) is 0 Å². The van der Waals surface area contributed by atoms with E-state index < -0.39 is 0 Å². The van der Waals surface area contributed by atoms with Crippen LogP contribution < -0.4 is 0 Å². The molecule has 118 valence electrons. The largest absolute Gasteiger partial charge is 0.507 e. The monoisotopic (exact) mass is 316 g/mol. The number of nitrogens with zero attached hydrogens (tertiary/aromatic N) is 2. The van der Waals surface area contributed by atoms with E-state index >= 15 is 0 Å². The summed E-state index contributed by atoms with van der Waals surface area (Å²) >= 11 is 0. The Hall–Kier alpha value is -3.40. The molecule has 0 aliphatic heterocycles. The van der Waals surface area contributed by atoms with Gasteiger partial charge in [-0.25, -0.2) is 0 Å². The smallest absolute Gasteiger partial charge is 0.136 e. The highest BCUT2D eigenvalue weighted by molar-refractivity contribution is 5.95. The van der Waals surface area contributed by atoms with E-state index in [1.165, 1.54) is 12.3 Å². The molecular formula is C20H16N2O2. The molecule has 2 N–H and O–H groups in total. The number of para-hydroxylation sites is 2. The van der Waals surface area contributed by atoms with Crippen molar-refractivity contribution in [2.24, 2.45) is 9.98 Å². The van der Waals surface area contributed by atoms with Crippen molar-refractivity contribution in [2.45, 2.75) is 0 Å². The zero-order chi connectivity index (χ0) is 16.8. The molecule has 0 heterocycles. The molecule has 0 aromatic heterocycles. The van der Waals surface area contributed by atoms with Crippen LogP contribution in [0, 0.1) is 0 Å². The van der Waals surface area contributed by atoms with E-state index in [0.29, 0.717) is 5.56 Å². The summed E-state index contributed by atoms with van der Waals surface area (Å²) in [5.74, 6) is -0.0987. The summed E-state index contributed by atoms with van der Waals surface area (Å²) in [6.07, 6.45) is 3.00. The van der Waals surface area contributed by atoms with Gasteiger partial charge >= 0.3 is 0 Å². The van der Waals surface area contributed by atoms with Crippen molar-refractivity contribution in [2.75, 3.05) is 0 Å². The molecule has 0 saturated heterocycles. The zero-order valence-corrected chi connectivity index (χ0v) is 12.9. The van der Waals surface area contributed by atoms with Crippen molar-refractivity contribution < 1.29 is 10.2 Å². The molecule has 0 aliphatic rings. The summed E-state index contributed by atoms with van der Waals surface area (Å²) in [6.45, 7) is 0. The Morgan fingerprint density at radius 2 is 1.17 bits per heavy atom. The summed E-state index contributed by atoms with van der Waals surface area (Å²) < 4.78 is 0. The van der Waals surface area contributed by atoms with Crippen LogP contribution in [0.4, 0.5) is 11.4 Å². The van der Waals surface area contributed by atoms with Crippen LogP contribution in [0.15, 0.2) is 82.8 Å². The van der Waals surface area contributed by atoms with Crippen molar-refractivity contribution in [3.63, 3.8) is 0 Å². The first-order chi connectivity index (χ1) is 11.7. The van der Waals surface area contributed by atoms with E-state index in [1.54, 1.807) is 12.3 Å². The minimum absolute atomic E-state index is 0.0379. The molecule has 24 heavy (non-hydrogen) atoms. The molecule has 4 nitrogen and oxygen atoms in total. The van der Waals surface area contributed by atoms with E-state index in [2.05, 4.69) is 9.98 Å². The van der Waals surface area contributed by atoms with Crippen LogP contribution in [0.25, 0.3) is 0 Å². The molecule has 0 aliphatic carbocycles. The average molecular weight is 316 g/mol. The Bertz CT molecular complexity index is 873. The summed E-state index contributed by atoms with van der Waals surface area (Å²) in [4.78, 5) is 8.58. The normalized spacial score (nSPS) is 11.3. The highest BCUT2D eigenvalue weighted by Crippen LogP contribution is 2.29. The maximum absolute atomic E-state index is 10.4. The summed E-state index contributed by atoms with van der Waals surface area (Å²) in [5, 5.41) is 20.4. The van der Waals surface area contributed by atoms with Crippen molar-refractivity contribution in [3.8, 4) is 11.5 Å². The molecule has 3 aromatic carbocycles. The second kappa shape index (κ2) is 7.24. The Morgan fingerprint density at radius 1 is 0.625 bits per heavy atom. The standard InChI is InChI=1S/C20H16N2O2/c23-19-12-11-15(13-21-16-7-3-1-4-8-16)20(24)18(19)14-22-17-9-5-2-6-10-17/h1-14,23-24H. The molecule has 0 saturated carbocycles. The molecule has 0 atom stereocenters. The Kier molecular flexibility index (Phi) is 4.68. The van der Waals surface area contributed by atoms with E-state index in [-0.39, 0.29) is 17.1 Å². The van der Waals surface area contributed by atoms with E-state index in [1.807, 2.05) is 60.7 Å². The minimum atomic E-state index is -0.0608. The van der Waals surface area contributed by atoms with Gasteiger partial charge in [-0.05, 0) is 36.4 Å². The lowest BCUT2D eigenvalue weighted by atomic mass is 10.1. The molecule has 0 unspecified atom stereocenters. The number of benzene rings is 3. The van der Waals surface area contributed by atoms with Crippen LogP contribution in [0.2, 0.25) is 0 Å². The van der Waals surface area contributed by atoms with Gasteiger partial charge in [0.05, 0.1) is 16.9 Å². The van der Waals surface area contributed by atoms with Crippen molar-refractivity contribution in [1.82, 2.24) is 0 Å². The second-order valence-corrected chi connectivity index (χ2v) is 5.12. The number of hydrogen-bond acceptors (Lipinski definition) is 4. The Balaban J connectivity index is 1.90. The summed E-state index contributed by atoms with van der Waals surface area (Å²) in [7, 11) is 0. The van der Waals surface area contributed by atoms with E-state index in [0.717, 1.165) is 11.4 Å². The van der Waals surface area contributed by atoms with Crippen LogP contribution in [0.1, 0.15) is 11.1 Å². The topological polar surface area (TPSA) is 65.2 Å². The molecule has 0 spiro atoms. The van der Waals surface area contributed by atoms with Crippen molar-refractivity contribution in [1.29, 1.82) is 0 Å². The number of aromatic hydroxyl groups is 2. The van der Waals surface area contributed by atoms with Crippen molar-refractivity contribution in [3.05, 3.63) is 83.9 Å². The molecule has 0 fully saturated rings. The van der Waals surface area contributed by atoms with Gasteiger partial charge in [0.1, 0.15) is 11.5 Å². The van der Waals surface area contributed by atoms with Crippen LogP contribution in [-0.2, 0) is 0 Å². The number of phenolic OH excluding ortho intramolecular Hbond substituents is 2. The molecule has 0 amide bonds. The van der Waals surface area contributed by atoms with Crippen LogP contribution in [0.3, 0.4) is 0 Å². The predicted molar refractivity (Wildman–Crippen MR) is 97.2 cm³/mol. The average Bonchev–Trinajstić information content (AvgIpc) is 2.63. The molecule has 3 aromatic rings. The van der Waals surface area contributed by atoms with Crippen LogP contribution >= 0.6 is 0 Å². The van der Waals surface area contributed by atoms with Crippen molar-refractivity contribution >= 4 is 23.8 Å². The highest BCUT2D eigenvalue weighted by atomic mass is 16.3. The lowest BCUT2D eigenvalue weighted by Crippen LogP contribution is -1.90. The van der Waals surface area contributed by atoms with E-state index in [4.69, 9.17) is 0 Å². The Morgan fingerprint density at radius 3 is 1.75 bits per heavy atom. The van der Waals surface area contributed by atoms with Gasteiger partial charge in [0.25, 0.3) is 0 Å². The van der Waals surface area contributed by atoms with Gasteiger partial charge in [-0.2, -0.15) is 0 Å². The van der Waals surface area contributed by atoms with Gasteiger partial charge in [-0.15, -0.1) is 0 Å².